The molecule has 1 amide bonds. The first-order chi connectivity index (χ1) is 15.8. The molecule has 12 heteroatoms. The molecule has 0 aliphatic carbocycles. The van der Waals surface area contributed by atoms with Crippen LogP contribution >= 0.6 is 24.0 Å². The van der Waals surface area contributed by atoms with Gasteiger partial charge in [-0.05, 0) is 37.1 Å². The van der Waals surface area contributed by atoms with Crippen molar-refractivity contribution in [3.8, 4) is 5.75 Å². The van der Waals surface area contributed by atoms with E-state index in [0.29, 0.717) is 12.3 Å². The lowest BCUT2D eigenvalue weighted by Crippen LogP contribution is -2.33. The van der Waals surface area contributed by atoms with Crippen LogP contribution in [0.5, 0.6) is 5.75 Å². The van der Waals surface area contributed by atoms with Gasteiger partial charge in [0.05, 0.1) is 10.7 Å². The number of aromatic hydroxyl groups is 1. The fraction of sp³-hybridized carbons (Fsp3) is 0.227. The molecule has 0 radical (unpaired) electrons. The minimum Gasteiger partial charge on any atom is -0.505 e. The maximum absolute atomic E-state index is 14.2. The zero-order chi connectivity index (χ0) is 23.5. The molecule has 4 rings (SSSR count). The van der Waals surface area contributed by atoms with Crippen LogP contribution in [0.25, 0.3) is 0 Å². The maximum Gasteiger partial charge on any atom is 0.261 e. The number of phenolic OH excluding ortho intramolecular Hbond substituents is 1. The van der Waals surface area contributed by atoms with E-state index in [0.717, 1.165) is 18.9 Å². The summed E-state index contributed by atoms with van der Waals surface area (Å²) in [5.74, 6) is -2.33. The van der Waals surface area contributed by atoms with Gasteiger partial charge >= 0.3 is 0 Å². The molecule has 180 valence electrons. The SMILES string of the molecule is CN(c1nc(Nc2ccc(O)c(F)c2)ncc1C(=O)Nc1c(F)cccc1Cl)C1CCCO1.Cl. The van der Waals surface area contributed by atoms with Gasteiger partial charge in [0.25, 0.3) is 5.91 Å². The van der Waals surface area contributed by atoms with Gasteiger partial charge in [-0.15, -0.1) is 12.4 Å². The highest BCUT2D eigenvalue weighted by molar-refractivity contribution is 6.34. The Labute approximate surface area is 205 Å². The van der Waals surface area contributed by atoms with E-state index in [4.69, 9.17) is 16.3 Å². The van der Waals surface area contributed by atoms with Crippen LogP contribution in [0.2, 0.25) is 5.02 Å². The fourth-order valence-corrected chi connectivity index (χ4v) is 3.59. The Hall–Kier alpha value is -3.21. The number of hydrogen-bond donors (Lipinski definition) is 3. The summed E-state index contributed by atoms with van der Waals surface area (Å²) in [6.07, 6.45) is 2.54. The van der Waals surface area contributed by atoms with Crippen molar-refractivity contribution in [1.29, 1.82) is 0 Å². The second kappa shape index (κ2) is 10.8. The van der Waals surface area contributed by atoms with Crippen molar-refractivity contribution >= 4 is 53.1 Å². The minimum atomic E-state index is -0.811. The smallest absolute Gasteiger partial charge is 0.261 e. The summed E-state index contributed by atoms with van der Waals surface area (Å²) in [5, 5.41) is 14.7. The number of para-hydroxylation sites is 1. The Balaban J connectivity index is 0.00000324. The van der Waals surface area contributed by atoms with Crippen LogP contribution < -0.4 is 15.5 Å². The van der Waals surface area contributed by atoms with Crippen LogP contribution in [-0.4, -0.2) is 40.9 Å². The van der Waals surface area contributed by atoms with E-state index in [1.165, 1.54) is 36.5 Å². The van der Waals surface area contributed by atoms with E-state index < -0.39 is 23.3 Å². The number of halogens is 4. The number of nitrogens with zero attached hydrogens (tertiary/aromatic N) is 3. The molecule has 1 aliphatic rings. The molecule has 0 spiro atoms. The van der Waals surface area contributed by atoms with Gasteiger partial charge < -0.3 is 25.4 Å². The molecule has 3 aromatic rings. The van der Waals surface area contributed by atoms with Gasteiger partial charge in [0.15, 0.2) is 11.6 Å². The van der Waals surface area contributed by atoms with Crippen molar-refractivity contribution in [1.82, 2.24) is 9.97 Å². The highest BCUT2D eigenvalue weighted by atomic mass is 35.5. The van der Waals surface area contributed by atoms with Crippen molar-refractivity contribution in [2.24, 2.45) is 0 Å². The van der Waals surface area contributed by atoms with E-state index in [1.807, 2.05) is 0 Å². The zero-order valence-corrected chi connectivity index (χ0v) is 19.5. The number of aromatic nitrogens is 2. The second-order valence-electron chi connectivity index (χ2n) is 7.35. The molecule has 0 saturated carbocycles. The Morgan fingerprint density at radius 1 is 1.26 bits per heavy atom. The van der Waals surface area contributed by atoms with Crippen molar-refractivity contribution in [3.63, 3.8) is 0 Å². The first-order valence-electron chi connectivity index (χ1n) is 10.1. The van der Waals surface area contributed by atoms with Crippen molar-refractivity contribution in [3.05, 3.63) is 64.8 Å². The van der Waals surface area contributed by atoms with Gasteiger partial charge in [-0.3, -0.25) is 4.79 Å². The highest BCUT2D eigenvalue weighted by Gasteiger charge is 2.27. The van der Waals surface area contributed by atoms with Crippen LogP contribution in [0, 0.1) is 11.6 Å². The van der Waals surface area contributed by atoms with Gasteiger partial charge in [-0.25, -0.2) is 13.8 Å². The average Bonchev–Trinajstić information content (AvgIpc) is 3.33. The number of carbonyl (C=O) groups is 1. The zero-order valence-electron chi connectivity index (χ0n) is 17.9. The van der Waals surface area contributed by atoms with Crippen LogP contribution in [0.4, 0.5) is 31.9 Å². The lowest BCUT2D eigenvalue weighted by molar-refractivity contribution is 0.102. The Bertz CT molecular complexity index is 1170. The molecule has 1 fully saturated rings. The van der Waals surface area contributed by atoms with Gasteiger partial charge in [0.2, 0.25) is 5.95 Å². The molecular weight excluding hydrogens is 491 g/mol. The van der Waals surface area contributed by atoms with Crippen LogP contribution in [-0.2, 0) is 4.74 Å². The molecular formula is C22H21Cl2F2N5O3. The third-order valence-electron chi connectivity index (χ3n) is 5.09. The highest BCUT2D eigenvalue weighted by Crippen LogP contribution is 2.29. The number of hydrogen-bond acceptors (Lipinski definition) is 7. The van der Waals surface area contributed by atoms with E-state index in [2.05, 4.69) is 20.6 Å². The van der Waals surface area contributed by atoms with Crippen LogP contribution in [0.3, 0.4) is 0 Å². The Kier molecular flexibility index (Phi) is 8.08. The third-order valence-corrected chi connectivity index (χ3v) is 5.41. The van der Waals surface area contributed by atoms with Gasteiger partial charge in [-0.1, -0.05) is 17.7 Å². The number of nitrogens with one attached hydrogen (secondary N) is 2. The van der Waals surface area contributed by atoms with Crippen LogP contribution in [0.1, 0.15) is 23.2 Å². The van der Waals surface area contributed by atoms with E-state index in [9.17, 15) is 18.7 Å². The number of carbonyl (C=O) groups excluding carboxylic acids is 1. The molecule has 34 heavy (non-hydrogen) atoms. The molecule has 2 heterocycles. The largest absolute Gasteiger partial charge is 0.505 e. The minimum absolute atomic E-state index is 0. The number of ether oxygens (including phenoxy) is 1. The Morgan fingerprint density at radius 2 is 2.06 bits per heavy atom. The number of phenols is 1. The first-order valence-corrected chi connectivity index (χ1v) is 10.4. The van der Waals surface area contributed by atoms with E-state index >= 15 is 0 Å². The van der Waals surface area contributed by atoms with Gasteiger partial charge in [0.1, 0.15) is 23.4 Å². The molecule has 1 saturated heterocycles. The predicted molar refractivity (Wildman–Crippen MR) is 127 cm³/mol. The van der Waals surface area contributed by atoms with Crippen LogP contribution in [0.15, 0.2) is 42.6 Å². The molecule has 2 aromatic carbocycles. The summed E-state index contributed by atoms with van der Waals surface area (Å²) in [6.45, 7) is 0.574. The summed E-state index contributed by atoms with van der Waals surface area (Å²) < 4.78 is 33.6. The molecule has 1 aliphatic heterocycles. The Morgan fingerprint density at radius 3 is 2.74 bits per heavy atom. The molecule has 3 N–H and O–H groups in total. The monoisotopic (exact) mass is 511 g/mol. The first kappa shape index (κ1) is 25.4. The summed E-state index contributed by atoms with van der Waals surface area (Å²) in [4.78, 5) is 23.3. The summed E-state index contributed by atoms with van der Waals surface area (Å²) in [6, 6.07) is 7.80. The molecule has 0 bridgehead atoms. The molecule has 8 nitrogen and oxygen atoms in total. The van der Waals surface area contributed by atoms with Gasteiger partial charge in [0, 0.05) is 31.6 Å². The standard InChI is InChI=1S/C22H20ClF2N5O3.ClH/c1-30(18-6-3-9-33-18)20-13(21(32)28-19-14(23)4-2-5-15(19)24)11-26-22(29-20)27-12-7-8-17(31)16(25)10-12;/h2,4-5,7-8,10-11,18,31H,3,6,9H2,1H3,(H,28,32)(H,26,27,29);1H. The number of amides is 1. The topological polar surface area (TPSA) is 99.6 Å². The second-order valence-corrected chi connectivity index (χ2v) is 7.76. The predicted octanol–water partition coefficient (Wildman–Crippen LogP) is 5.10. The van der Waals surface area contributed by atoms with Crippen molar-refractivity contribution < 1.29 is 23.4 Å². The average molecular weight is 512 g/mol. The summed E-state index contributed by atoms with van der Waals surface area (Å²) >= 11 is 6.03. The fourth-order valence-electron chi connectivity index (χ4n) is 3.38. The van der Waals surface area contributed by atoms with Crippen molar-refractivity contribution in [2.75, 3.05) is 29.2 Å². The lowest BCUT2D eigenvalue weighted by atomic mass is 10.2. The molecule has 1 atom stereocenters. The lowest BCUT2D eigenvalue weighted by Gasteiger charge is -2.26. The number of rotatable bonds is 6. The van der Waals surface area contributed by atoms with E-state index in [1.54, 1.807) is 11.9 Å². The molecule has 1 unspecified atom stereocenters. The normalized spacial score (nSPS) is 14.9. The van der Waals surface area contributed by atoms with E-state index in [-0.39, 0.29) is 46.7 Å². The summed E-state index contributed by atoms with van der Waals surface area (Å²) in [5.41, 5.74) is 0.206. The number of benzene rings is 2. The van der Waals surface area contributed by atoms with Crippen molar-refractivity contribution in [2.45, 2.75) is 19.1 Å². The number of anilines is 4. The maximum atomic E-state index is 14.2. The quantitative estimate of drug-likeness (QED) is 0.395. The van der Waals surface area contributed by atoms with Gasteiger partial charge in [-0.2, -0.15) is 4.98 Å². The molecule has 1 aromatic heterocycles. The summed E-state index contributed by atoms with van der Waals surface area (Å²) in [7, 11) is 1.72. The third kappa shape index (κ3) is 5.46.